The first-order chi connectivity index (χ1) is 11.4. The minimum absolute atomic E-state index is 0.00602. The number of hydrogen-bond acceptors (Lipinski definition) is 2. The predicted octanol–water partition coefficient (Wildman–Crippen LogP) is 5.44. The van der Waals surface area contributed by atoms with Crippen LogP contribution in [0.4, 0.5) is 8.78 Å². The maximum atomic E-state index is 14.7. The van der Waals surface area contributed by atoms with Crippen molar-refractivity contribution >= 4 is 23.2 Å². The van der Waals surface area contributed by atoms with Gasteiger partial charge in [0.15, 0.2) is 16.7 Å². The van der Waals surface area contributed by atoms with Gasteiger partial charge in [0.25, 0.3) is 0 Å². The number of aryl methyl sites for hydroxylation is 1. The third kappa shape index (κ3) is 2.74. The number of nitrogens with zero attached hydrogens (tertiary/aromatic N) is 2. The fraction of sp³-hybridized carbons (Fsp3) is 0.118. The summed E-state index contributed by atoms with van der Waals surface area (Å²) in [4.78, 5) is 4.15. The second kappa shape index (κ2) is 6.42. The number of hydrogen-bond donors (Lipinski definition) is 0. The number of imidazole rings is 1. The Morgan fingerprint density at radius 1 is 1.04 bits per heavy atom. The smallest absolute Gasteiger partial charge is 0.177 e. The molecule has 0 radical (unpaired) electrons. The SMILES string of the molecule is COc1ccc(F)c(-c2c(Cl)nc(C)n2-c2ccc(Cl)cc2)c1F. The summed E-state index contributed by atoms with van der Waals surface area (Å²) in [5.74, 6) is -1.19. The van der Waals surface area contributed by atoms with Crippen molar-refractivity contribution in [1.82, 2.24) is 9.55 Å². The van der Waals surface area contributed by atoms with E-state index in [0.717, 1.165) is 6.07 Å². The first-order valence-electron chi connectivity index (χ1n) is 6.97. The largest absolute Gasteiger partial charge is 0.494 e. The van der Waals surface area contributed by atoms with Crippen LogP contribution in [-0.2, 0) is 0 Å². The maximum Gasteiger partial charge on any atom is 0.177 e. The summed E-state index contributed by atoms with van der Waals surface area (Å²) in [5.41, 5.74) is 0.452. The summed E-state index contributed by atoms with van der Waals surface area (Å²) in [6.07, 6.45) is 0. The van der Waals surface area contributed by atoms with Crippen LogP contribution in [0.1, 0.15) is 5.82 Å². The molecule has 2 aromatic carbocycles. The molecule has 3 rings (SSSR count). The quantitative estimate of drug-likeness (QED) is 0.615. The minimum Gasteiger partial charge on any atom is -0.494 e. The second-order valence-electron chi connectivity index (χ2n) is 5.05. The van der Waals surface area contributed by atoms with Gasteiger partial charge in [-0.05, 0) is 43.3 Å². The number of aromatic nitrogens is 2. The van der Waals surface area contributed by atoms with E-state index in [0.29, 0.717) is 16.5 Å². The van der Waals surface area contributed by atoms with E-state index in [1.54, 1.807) is 35.8 Å². The highest BCUT2D eigenvalue weighted by atomic mass is 35.5. The van der Waals surface area contributed by atoms with Gasteiger partial charge in [0, 0.05) is 10.7 Å². The molecule has 0 fully saturated rings. The molecule has 0 saturated carbocycles. The summed E-state index contributed by atoms with van der Waals surface area (Å²) < 4.78 is 35.6. The maximum absolute atomic E-state index is 14.7. The zero-order valence-electron chi connectivity index (χ0n) is 12.8. The second-order valence-corrected chi connectivity index (χ2v) is 5.84. The molecule has 0 aliphatic heterocycles. The summed E-state index contributed by atoms with van der Waals surface area (Å²) >= 11 is 12.1. The van der Waals surface area contributed by atoms with Crippen molar-refractivity contribution in [3.8, 4) is 22.7 Å². The minimum atomic E-state index is -0.838. The molecule has 124 valence electrons. The number of ether oxygens (including phenoxy) is 1. The van der Waals surface area contributed by atoms with Crippen molar-refractivity contribution in [2.45, 2.75) is 6.92 Å². The lowest BCUT2D eigenvalue weighted by molar-refractivity contribution is 0.385. The van der Waals surface area contributed by atoms with Crippen molar-refractivity contribution in [1.29, 1.82) is 0 Å². The van der Waals surface area contributed by atoms with E-state index in [2.05, 4.69) is 4.98 Å². The van der Waals surface area contributed by atoms with Gasteiger partial charge in [0.05, 0.1) is 18.4 Å². The van der Waals surface area contributed by atoms with E-state index in [4.69, 9.17) is 27.9 Å². The lowest BCUT2D eigenvalue weighted by atomic mass is 10.1. The molecule has 0 N–H and O–H groups in total. The number of benzene rings is 2. The first kappa shape index (κ1) is 16.7. The van der Waals surface area contributed by atoms with Gasteiger partial charge in [-0.2, -0.15) is 0 Å². The monoisotopic (exact) mass is 368 g/mol. The Morgan fingerprint density at radius 2 is 1.71 bits per heavy atom. The molecule has 0 saturated heterocycles. The Balaban J connectivity index is 2.33. The van der Waals surface area contributed by atoms with Gasteiger partial charge in [-0.15, -0.1) is 0 Å². The molecule has 0 aliphatic carbocycles. The van der Waals surface area contributed by atoms with E-state index in [-0.39, 0.29) is 22.2 Å². The first-order valence-corrected chi connectivity index (χ1v) is 7.72. The highest BCUT2D eigenvalue weighted by molar-refractivity contribution is 6.32. The van der Waals surface area contributed by atoms with E-state index < -0.39 is 11.6 Å². The molecule has 0 bridgehead atoms. The molecule has 0 atom stereocenters. The van der Waals surface area contributed by atoms with Crippen molar-refractivity contribution in [3.63, 3.8) is 0 Å². The normalized spacial score (nSPS) is 10.9. The fourth-order valence-corrected chi connectivity index (χ4v) is 2.96. The van der Waals surface area contributed by atoms with E-state index in [9.17, 15) is 8.78 Å². The van der Waals surface area contributed by atoms with Crippen LogP contribution in [0.15, 0.2) is 36.4 Å². The topological polar surface area (TPSA) is 27.1 Å². The summed E-state index contributed by atoms with van der Waals surface area (Å²) in [5, 5.41) is 0.538. The standard InChI is InChI=1S/C17H12Cl2F2N2O/c1-9-22-17(19)16(23(9)11-5-3-10(18)4-6-11)14-12(20)7-8-13(24-2)15(14)21/h3-8H,1-2H3. The molecular formula is C17H12Cl2F2N2O. The van der Waals surface area contributed by atoms with Crippen molar-refractivity contribution in [2.24, 2.45) is 0 Å². The Hall–Kier alpha value is -2.11. The Labute approximate surface area is 147 Å². The Morgan fingerprint density at radius 3 is 2.33 bits per heavy atom. The number of halogens is 4. The highest BCUT2D eigenvalue weighted by Crippen LogP contribution is 2.38. The summed E-state index contributed by atoms with van der Waals surface area (Å²) in [6, 6.07) is 9.12. The van der Waals surface area contributed by atoms with Gasteiger partial charge in [0.2, 0.25) is 0 Å². The number of methoxy groups -OCH3 is 1. The van der Waals surface area contributed by atoms with Crippen LogP contribution in [0.5, 0.6) is 5.75 Å². The molecule has 1 aromatic heterocycles. The zero-order chi connectivity index (χ0) is 17.4. The molecular weight excluding hydrogens is 357 g/mol. The predicted molar refractivity (Wildman–Crippen MR) is 90.2 cm³/mol. The molecule has 24 heavy (non-hydrogen) atoms. The summed E-state index contributed by atoms with van der Waals surface area (Å²) in [6.45, 7) is 1.69. The molecule has 3 nitrogen and oxygen atoms in total. The van der Waals surface area contributed by atoms with Crippen LogP contribution < -0.4 is 4.74 Å². The zero-order valence-corrected chi connectivity index (χ0v) is 14.3. The van der Waals surface area contributed by atoms with E-state index in [1.165, 1.54) is 13.2 Å². The summed E-state index contributed by atoms with van der Waals surface area (Å²) in [7, 11) is 1.31. The van der Waals surface area contributed by atoms with Crippen LogP contribution in [0.25, 0.3) is 16.9 Å². The van der Waals surface area contributed by atoms with Crippen LogP contribution in [0.2, 0.25) is 10.2 Å². The van der Waals surface area contributed by atoms with Gasteiger partial charge < -0.3 is 4.74 Å². The Bertz CT molecular complexity index is 908. The molecule has 3 aromatic rings. The molecule has 7 heteroatoms. The lowest BCUT2D eigenvalue weighted by Crippen LogP contribution is -2.03. The van der Waals surface area contributed by atoms with Crippen LogP contribution in [-0.4, -0.2) is 16.7 Å². The third-order valence-corrected chi connectivity index (χ3v) is 4.12. The fourth-order valence-electron chi connectivity index (χ4n) is 2.53. The van der Waals surface area contributed by atoms with E-state index in [1.807, 2.05) is 0 Å². The van der Waals surface area contributed by atoms with Crippen LogP contribution >= 0.6 is 23.2 Å². The molecule has 0 aliphatic rings. The average molecular weight is 369 g/mol. The van der Waals surface area contributed by atoms with Gasteiger partial charge in [-0.1, -0.05) is 23.2 Å². The molecule has 0 spiro atoms. The van der Waals surface area contributed by atoms with Gasteiger partial charge >= 0.3 is 0 Å². The molecule has 1 heterocycles. The number of rotatable bonds is 3. The average Bonchev–Trinajstić information content (AvgIpc) is 2.83. The Kier molecular flexibility index (Phi) is 4.47. The van der Waals surface area contributed by atoms with E-state index >= 15 is 0 Å². The van der Waals surface area contributed by atoms with Crippen LogP contribution in [0.3, 0.4) is 0 Å². The lowest BCUT2D eigenvalue weighted by Gasteiger charge is -2.13. The molecule has 0 unspecified atom stereocenters. The highest BCUT2D eigenvalue weighted by Gasteiger charge is 2.25. The van der Waals surface area contributed by atoms with Crippen molar-refractivity contribution < 1.29 is 13.5 Å². The van der Waals surface area contributed by atoms with Crippen molar-refractivity contribution in [2.75, 3.05) is 7.11 Å². The van der Waals surface area contributed by atoms with Gasteiger partial charge in [-0.3, -0.25) is 4.57 Å². The third-order valence-electron chi connectivity index (χ3n) is 3.60. The van der Waals surface area contributed by atoms with Gasteiger partial charge in [-0.25, -0.2) is 13.8 Å². The molecule has 0 amide bonds. The van der Waals surface area contributed by atoms with Crippen molar-refractivity contribution in [3.05, 3.63) is 64.0 Å². The van der Waals surface area contributed by atoms with Crippen LogP contribution in [0, 0.1) is 18.6 Å². The van der Waals surface area contributed by atoms with Gasteiger partial charge in [0.1, 0.15) is 11.6 Å².